The van der Waals surface area contributed by atoms with E-state index in [1.54, 1.807) is 6.07 Å². The van der Waals surface area contributed by atoms with Crippen LogP contribution in [0, 0.1) is 0 Å². The van der Waals surface area contributed by atoms with Crippen LogP contribution >= 0.6 is 12.2 Å². The number of carbonyl (C=O) groups excluding carboxylic acids is 1. The van der Waals surface area contributed by atoms with Crippen LogP contribution < -0.4 is 16.0 Å². The van der Waals surface area contributed by atoms with Crippen molar-refractivity contribution in [1.82, 2.24) is 0 Å². The highest BCUT2D eigenvalue weighted by Crippen LogP contribution is 2.17. The second-order valence-corrected chi connectivity index (χ2v) is 5.72. The van der Waals surface area contributed by atoms with E-state index in [4.69, 9.17) is 18.0 Å². The molecule has 0 bridgehead atoms. The van der Waals surface area contributed by atoms with Gasteiger partial charge in [-0.05, 0) is 35.9 Å². The Labute approximate surface area is 135 Å². The van der Waals surface area contributed by atoms with Crippen LogP contribution in [0.1, 0.15) is 15.9 Å². The van der Waals surface area contributed by atoms with E-state index in [-0.39, 0.29) is 5.91 Å². The lowest BCUT2D eigenvalue weighted by molar-refractivity contribution is 0.102. The van der Waals surface area contributed by atoms with Crippen molar-refractivity contribution in [2.45, 2.75) is 6.42 Å². The molecule has 5 heteroatoms. The molecule has 0 radical (unpaired) electrons. The molecule has 0 heterocycles. The predicted molar refractivity (Wildman–Crippen MR) is 95.7 cm³/mol. The minimum absolute atomic E-state index is 0.163. The number of rotatable bonds is 5. The highest BCUT2D eigenvalue weighted by atomic mass is 32.1. The number of thiocarbonyl (C=S) groups is 1. The van der Waals surface area contributed by atoms with E-state index in [0.29, 0.717) is 17.0 Å². The van der Waals surface area contributed by atoms with Crippen LogP contribution in [-0.2, 0) is 6.42 Å². The normalized spacial score (nSPS) is 10.1. The molecule has 2 aromatic rings. The monoisotopic (exact) mass is 313 g/mol. The molecule has 0 spiro atoms. The summed E-state index contributed by atoms with van der Waals surface area (Å²) in [7, 11) is 3.94. The lowest BCUT2D eigenvalue weighted by Crippen LogP contribution is -2.18. The van der Waals surface area contributed by atoms with Crippen LogP contribution in [0.15, 0.2) is 48.5 Å². The molecule has 0 fully saturated rings. The Morgan fingerprint density at radius 1 is 1.14 bits per heavy atom. The maximum Gasteiger partial charge on any atom is 0.255 e. The van der Waals surface area contributed by atoms with Crippen molar-refractivity contribution in [3.63, 3.8) is 0 Å². The van der Waals surface area contributed by atoms with Crippen molar-refractivity contribution >= 4 is 34.5 Å². The third kappa shape index (κ3) is 4.05. The molecule has 0 aromatic heterocycles. The third-order valence-corrected chi connectivity index (χ3v) is 3.41. The van der Waals surface area contributed by atoms with Gasteiger partial charge in [-0.15, -0.1) is 0 Å². The summed E-state index contributed by atoms with van der Waals surface area (Å²) < 4.78 is 0. The van der Waals surface area contributed by atoms with Crippen molar-refractivity contribution in [2.75, 3.05) is 24.3 Å². The Hall–Kier alpha value is -2.40. The largest absolute Gasteiger partial charge is 0.393 e. The van der Waals surface area contributed by atoms with Crippen molar-refractivity contribution in [2.24, 2.45) is 5.73 Å². The molecule has 3 N–H and O–H groups in total. The Morgan fingerprint density at radius 2 is 1.77 bits per heavy atom. The van der Waals surface area contributed by atoms with Crippen LogP contribution in [0.5, 0.6) is 0 Å². The van der Waals surface area contributed by atoms with Gasteiger partial charge in [0, 0.05) is 37.5 Å². The smallest absolute Gasteiger partial charge is 0.255 e. The van der Waals surface area contributed by atoms with Gasteiger partial charge in [0.1, 0.15) is 0 Å². The van der Waals surface area contributed by atoms with E-state index in [9.17, 15) is 4.79 Å². The van der Waals surface area contributed by atoms with Gasteiger partial charge in [0.25, 0.3) is 5.91 Å². The summed E-state index contributed by atoms with van der Waals surface area (Å²) in [5, 5.41) is 2.90. The lowest BCUT2D eigenvalue weighted by atomic mass is 10.0. The average Bonchev–Trinajstić information content (AvgIpc) is 2.47. The molecule has 0 aliphatic rings. The summed E-state index contributed by atoms with van der Waals surface area (Å²) in [5.41, 5.74) is 8.83. The molecule has 0 saturated heterocycles. The van der Waals surface area contributed by atoms with Gasteiger partial charge in [-0.1, -0.05) is 30.4 Å². The summed E-state index contributed by atoms with van der Waals surface area (Å²) in [6.45, 7) is 0. The summed E-state index contributed by atoms with van der Waals surface area (Å²) in [5.74, 6) is -0.163. The molecule has 0 unspecified atom stereocenters. The van der Waals surface area contributed by atoms with Gasteiger partial charge in [-0.3, -0.25) is 4.79 Å². The maximum absolute atomic E-state index is 12.4. The van der Waals surface area contributed by atoms with Gasteiger partial charge in [-0.2, -0.15) is 0 Å². The van der Waals surface area contributed by atoms with Crippen molar-refractivity contribution < 1.29 is 4.79 Å². The van der Waals surface area contributed by atoms with Crippen LogP contribution in [0.2, 0.25) is 0 Å². The van der Waals surface area contributed by atoms with Gasteiger partial charge in [-0.25, -0.2) is 0 Å². The first-order valence-corrected chi connectivity index (χ1v) is 7.33. The second-order valence-electron chi connectivity index (χ2n) is 5.20. The fourth-order valence-corrected chi connectivity index (χ4v) is 2.28. The summed E-state index contributed by atoms with van der Waals surface area (Å²) in [6.07, 6.45) is 0.415. The average molecular weight is 313 g/mol. The zero-order chi connectivity index (χ0) is 16.1. The number of nitrogens with two attached hydrogens (primary N) is 1. The van der Waals surface area contributed by atoms with E-state index in [1.807, 2.05) is 61.5 Å². The summed E-state index contributed by atoms with van der Waals surface area (Å²) in [4.78, 5) is 14.8. The topological polar surface area (TPSA) is 58.4 Å². The first-order valence-electron chi connectivity index (χ1n) is 6.92. The van der Waals surface area contributed by atoms with E-state index in [1.165, 1.54) is 0 Å². The first-order chi connectivity index (χ1) is 10.5. The summed E-state index contributed by atoms with van der Waals surface area (Å²) in [6, 6.07) is 15.0. The molecule has 4 nitrogen and oxygen atoms in total. The number of benzene rings is 2. The molecule has 1 amide bonds. The Morgan fingerprint density at radius 3 is 2.36 bits per heavy atom. The number of nitrogens with zero attached hydrogens (tertiary/aromatic N) is 1. The van der Waals surface area contributed by atoms with E-state index < -0.39 is 0 Å². The van der Waals surface area contributed by atoms with Crippen molar-refractivity contribution in [3.8, 4) is 0 Å². The molecule has 0 aliphatic carbocycles. The van der Waals surface area contributed by atoms with Gasteiger partial charge >= 0.3 is 0 Å². The minimum atomic E-state index is -0.163. The molecule has 2 rings (SSSR count). The molecule has 22 heavy (non-hydrogen) atoms. The Balaban J connectivity index is 2.17. The minimum Gasteiger partial charge on any atom is -0.393 e. The van der Waals surface area contributed by atoms with Crippen LogP contribution in [0.3, 0.4) is 0 Å². The SMILES string of the molecule is CN(C)c1ccc(NC(=O)c2ccccc2CC(N)=S)cc1. The van der Waals surface area contributed by atoms with Gasteiger partial charge in [0.15, 0.2) is 0 Å². The van der Waals surface area contributed by atoms with Gasteiger partial charge < -0.3 is 16.0 Å². The lowest BCUT2D eigenvalue weighted by Gasteiger charge is -2.13. The fourth-order valence-electron chi connectivity index (χ4n) is 2.13. The van der Waals surface area contributed by atoms with E-state index >= 15 is 0 Å². The van der Waals surface area contributed by atoms with Crippen molar-refractivity contribution in [3.05, 3.63) is 59.7 Å². The molecule has 0 saturated carbocycles. The zero-order valence-corrected chi connectivity index (χ0v) is 13.5. The second kappa shape index (κ2) is 7.04. The molecule has 114 valence electrons. The molecule has 2 aromatic carbocycles. The number of nitrogens with one attached hydrogen (secondary N) is 1. The van der Waals surface area contributed by atoms with E-state index in [2.05, 4.69) is 5.32 Å². The number of carbonyl (C=O) groups is 1. The quantitative estimate of drug-likeness (QED) is 0.833. The molecule has 0 aliphatic heterocycles. The summed E-state index contributed by atoms with van der Waals surface area (Å²) >= 11 is 4.93. The predicted octanol–water partition coefficient (Wildman–Crippen LogP) is 2.83. The van der Waals surface area contributed by atoms with E-state index in [0.717, 1.165) is 16.9 Å². The highest BCUT2D eigenvalue weighted by molar-refractivity contribution is 7.80. The highest BCUT2D eigenvalue weighted by Gasteiger charge is 2.11. The first kappa shape index (κ1) is 16.0. The maximum atomic E-state index is 12.4. The van der Waals surface area contributed by atoms with Crippen LogP contribution in [-0.4, -0.2) is 25.0 Å². The molecule has 0 atom stereocenters. The number of amides is 1. The molecular weight excluding hydrogens is 294 g/mol. The number of hydrogen-bond acceptors (Lipinski definition) is 3. The Kier molecular flexibility index (Phi) is 5.12. The number of hydrogen-bond donors (Lipinski definition) is 2. The third-order valence-electron chi connectivity index (χ3n) is 3.27. The Bertz CT molecular complexity index is 681. The number of anilines is 2. The van der Waals surface area contributed by atoms with Crippen LogP contribution in [0.25, 0.3) is 0 Å². The molecular formula is C17H19N3OS. The van der Waals surface area contributed by atoms with Gasteiger partial charge in [0.05, 0.1) is 4.99 Å². The van der Waals surface area contributed by atoms with Crippen LogP contribution in [0.4, 0.5) is 11.4 Å². The van der Waals surface area contributed by atoms with Gasteiger partial charge in [0.2, 0.25) is 0 Å². The zero-order valence-electron chi connectivity index (χ0n) is 12.7. The fraction of sp³-hybridized carbons (Fsp3) is 0.176. The van der Waals surface area contributed by atoms with Crippen molar-refractivity contribution in [1.29, 1.82) is 0 Å². The standard InChI is InChI=1S/C17H19N3OS/c1-20(2)14-9-7-13(8-10-14)19-17(21)15-6-4-3-5-12(15)11-16(18)22/h3-10H,11H2,1-2H3,(H2,18,22)(H,19,21).